The Morgan fingerprint density at radius 3 is 2.72 bits per heavy atom. The van der Waals surface area contributed by atoms with Crippen LogP contribution in [0, 0.1) is 5.82 Å². The van der Waals surface area contributed by atoms with Crippen LogP contribution in [0.1, 0.15) is 11.1 Å². The molecule has 5 nitrogen and oxygen atoms in total. The van der Waals surface area contributed by atoms with Crippen LogP contribution in [0.2, 0.25) is 5.02 Å². The fourth-order valence-corrected chi connectivity index (χ4v) is 3.82. The van der Waals surface area contributed by atoms with Crippen LogP contribution in [0.15, 0.2) is 77.2 Å². The number of benzene rings is 3. The van der Waals surface area contributed by atoms with E-state index >= 15 is 0 Å². The van der Waals surface area contributed by atoms with E-state index in [0.717, 1.165) is 16.8 Å². The minimum Gasteiger partial charge on any atom is -0.493 e. The first kappa shape index (κ1) is 21.8. The maximum absolute atomic E-state index is 14.0. The Labute approximate surface area is 194 Å². The molecule has 3 aromatic carbocycles. The topological polar surface area (TPSA) is 55.7 Å². The average molecular weight is 468 g/mol. The molecule has 0 aliphatic carbocycles. The first-order chi connectivity index (χ1) is 15.6. The Balaban J connectivity index is 1.44. The van der Waals surface area contributed by atoms with E-state index in [2.05, 4.69) is 15.5 Å². The molecule has 0 aliphatic heterocycles. The summed E-state index contributed by atoms with van der Waals surface area (Å²) in [6.07, 6.45) is 1.64. The number of anilines is 1. The van der Waals surface area contributed by atoms with E-state index in [4.69, 9.17) is 21.1 Å². The van der Waals surface area contributed by atoms with E-state index in [-0.39, 0.29) is 12.2 Å². The summed E-state index contributed by atoms with van der Waals surface area (Å²) in [5.41, 5.74) is 5.94. The molecule has 162 valence electrons. The predicted octanol–water partition coefficient (Wildman–Crippen LogP) is 6.64. The molecule has 0 bridgehead atoms. The van der Waals surface area contributed by atoms with Crippen molar-refractivity contribution in [3.05, 3.63) is 94.1 Å². The third kappa shape index (κ3) is 5.25. The standard InChI is InChI=1S/C24H19ClFN3O2S/c1-30-22-11-10-16(12-23(22)31-14-18-19(25)8-5-9-20(18)26)13-27-29-24-28-21(15-32-24)17-6-3-2-4-7-17/h2-13,15H,14H2,1H3,(H,28,29). The molecule has 1 N–H and O–H groups in total. The number of nitrogens with one attached hydrogen (secondary N) is 1. The number of rotatable bonds is 8. The van der Waals surface area contributed by atoms with Gasteiger partial charge < -0.3 is 9.47 Å². The Morgan fingerprint density at radius 2 is 1.94 bits per heavy atom. The number of hydrogen-bond acceptors (Lipinski definition) is 6. The first-order valence-corrected chi connectivity index (χ1v) is 10.9. The van der Waals surface area contributed by atoms with Gasteiger partial charge in [0.05, 0.1) is 24.0 Å². The molecule has 0 amide bonds. The normalized spacial score (nSPS) is 11.0. The lowest BCUT2D eigenvalue weighted by molar-refractivity contribution is 0.280. The molecular formula is C24H19ClFN3O2S. The van der Waals surface area contributed by atoms with E-state index in [1.165, 1.54) is 17.4 Å². The lowest BCUT2D eigenvalue weighted by Gasteiger charge is -2.12. The summed E-state index contributed by atoms with van der Waals surface area (Å²) in [4.78, 5) is 4.54. The molecule has 32 heavy (non-hydrogen) atoms. The summed E-state index contributed by atoms with van der Waals surface area (Å²) in [6.45, 7) is -0.0257. The highest BCUT2D eigenvalue weighted by Crippen LogP contribution is 2.30. The fourth-order valence-electron chi connectivity index (χ4n) is 2.94. The first-order valence-electron chi connectivity index (χ1n) is 9.68. The van der Waals surface area contributed by atoms with Crippen molar-refractivity contribution in [3.8, 4) is 22.8 Å². The van der Waals surface area contributed by atoms with Crippen molar-refractivity contribution < 1.29 is 13.9 Å². The van der Waals surface area contributed by atoms with Crippen LogP contribution in [0.5, 0.6) is 11.5 Å². The monoisotopic (exact) mass is 467 g/mol. The second-order valence-electron chi connectivity index (χ2n) is 6.67. The number of ether oxygens (including phenoxy) is 2. The highest BCUT2D eigenvalue weighted by molar-refractivity contribution is 7.14. The van der Waals surface area contributed by atoms with Gasteiger partial charge in [0.25, 0.3) is 0 Å². The molecule has 0 radical (unpaired) electrons. The van der Waals surface area contributed by atoms with Crippen LogP contribution < -0.4 is 14.9 Å². The molecular weight excluding hydrogens is 449 g/mol. The minimum atomic E-state index is -0.420. The molecule has 0 fully saturated rings. The number of aromatic nitrogens is 1. The van der Waals surface area contributed by atoms with Gasteiger partial charge in [0.15, 0.2) is 11.5 Å². The summed E-state index contributed by atoms with van der Waals surface area (Å²) in [6, 6.07) is 19.8. The van der Waals surface area contributed by atoms with Crippen LogP contribution in [-0.4, -0.2) is 18.3 Å². The maximum atomic E-state index is 14.0. The van der Waals surface area contributed by atoms with Crippen LogP contribution in [-0.2, 0) is 6.61 Å². The van der Waals surface area contributed by atoms with Crippen LogP contribution in [0.3, 0.4) is 0 Å². The van der Waals surface area contributed by atoms with Gasteiger partial charge in [-0.3, -0.25) is 5.43 Å². The third-order valence-electron chi connectivity index (χ3n) is 4.57. The van der Waals surface area contributed by atoms with Gasteiger partial charge in [-0.15, -0.1) is 11.3 Å². The zero-order chi connectivity index (χ0) is 22.3. The quantitative estimate of drug-likeness (QED) is 0.233. The minimum absolute atomic E-state index is 0.0257. The Bertz CT molecular complexity index is 1210. The van der Waals surface area contributed by atoms with Crippen molar-refractivity contribution in [2.75, 3.05) is 12.5 Å². The fraction of sp³-hybridized carbons (Fsp3) is 0.0833. The van der Waals surface area contributed by atoms with Gasteiger partial charge >= 0.3 is 0 Å². The predicted molar refractivity (Wildman–Crippen MR) is 128 cm³/mol. The largest absolute Gasteiger partial charge is 0.493 e. The molecule has 0 saturated carbocycles. The molecule has 4 rings (SSSR count). The van der Waals surface area contributed by atoms with Crippen molar-refractivity contribution in [2.45, 2.75) is 6.61 Å². The summed E-state index contributed by atoms with van der Waals surface area (Å²) in [5, 5.41) is 7.22. The molecule has 0 aliphatic rings. The van der Waals surface area contributed by atoms with Gasteiger partial charge in [0.1, 0.15) is 12.4 Å². The van der Waals surface area contributed by atoms with E-state index < -0.39 is 5.82 Å². The van der Waals surface area contributed by atoms with Crippen molar-refractivity contribution >= 4 is 34.3 Å². The number of nitrogens with zero attached hydrogens (tertiary/aromatic N) is 2. The zero-order valence-corrected chi connectivity index (χ0v) is 18.7. The Kier molecular flexibility index (Phi) is 6.99. The molecule has 0 spiro atoms. The SMILES string of the molecule is COc1ccc(C=NNc2nc(-c3ccccc3)cs2)cc1OCc1c(F)cccc1Cl. The van der Waals surface area contributed by atoms with Crippen molar-refractivity contribution in [2.24, 2.45) is 5.10 Å². The molecule has 4 aromatic rings. The highest BCUT2D eigenvalue weighted by atomic mass is 35.5. The van der Waals surface area contributed by atoms with E-state index in [1.807, 2.05) is 41.8 Å². The third-order valence-corrected chi connectivity index (χ3v) is 5.67. The van der Waals surface area contributed by atoms with Crippen LogP contribution in [0.4, 0.5) is 9.52 Å². The Hall–Kier alpha value is -3.42. The lowest BCUT2D eigenvalue weighted by Crippen LogP contribution is -2.01. The van der Waals surface area contributed by atoms with Gasteiger partial charge in [-0.1, -0.05) is 48.0 Å². The Morgan fingerprint density at radius 1 is 1.09 bits per heavy atom. The number of halogens is 2. The maximum Gasteiger partial charge on any atom is 0.203 e. The van der Waals surface area contributed by atoms with Gasteiger partial charge in [-0.2, -0.15) is 5.10 Å². The van der Waals surface area contributed by atoms with Crippen molar-refractivity contribution in [1.82, 2.24) is 4.98 Å². The van der Waals surface area contributed by atoms with E-state index in [0.29, 0.717) is 21.7 Å². The molecule has 8 heteroatoms. The molecule has 1 heterocycles. The van der Waals surface area contributed by atoms with Gasteiger partial charge in [0.2, 0.25) is 5.13 Å². The van der Waals surface area contributed by atoms with Crippen LogP contribution >= 0.6 is 22.9 Å². The zero-order valence-electron chi connectivity index (χ0n) is 17.1. The van der Waals surface area contributed by atoms with E-state index in [9.17, 15) is 4.39 Å². The summed E-state index contributed by atoms with van der Waals surface area (Å²) >= 11 is 7.55. The molecule has 1 aromatic heterocycles. The number of hydrazone groups is 1. The van der Waals surface area contributed by atoms with Gasteiger partial charge in [0, 0.05) is 16.5 Å². The number of hydrogen-bond donors (Lipinski definition) is 1. The molecule has 0 saturated heterocycles. The smallest absolute Gasteiger partial charge is 0.203 e. The second kappa shape index (κ2) is 10.3. The van der Waals surface area contributed by atoms with Crippen molar-refractivity contribution in [3.63, 3.8) is 0 Å². The van der Waals surface area contributed by atoms with Crippen LogP contribution in [0.25, 0.3) is 11.3 Å². The number of thiazole rings is 1. The summed E-state index contributed by atoms with van der Waals surface area (Å²) in [5.74, 6) is 0.558. The summed E-state index contributed by atoms with van der Waals surface area (Å²) < 4.78 is 25.2. The highest BCUT2D eigenvalue weighted by Gasteiger charge is 2.11. The summed E-state index contributed by atoms with van der Waals surface area (Å²) in [7, 11) is 1.54. The van der Waals surface area contributed by atoms with E-state index in [1.54, 1.807) is 37.6 Å². The lowest BCUT2D eigenvalue weighted by atomic mass is 10.2. The number of methoxy groups -OCH3 is 1. The van der Waals surface area contributed by atoms with Crippen molar-refractivity contribution in [1.29, 1.82) is 0 Å². The second-order valence-corrected chi connectivity index (χ2v) is 7.94. The molecule has 0 unspecified atom stereocenters. The van der Waals surface area contributed by atoms with Gasteiger partial charge in [-0.25, -0.2) is 9.37 Å². The van der Waals surface area contributed by atoms with Gasteiger partial charge in [-0.05, 0) is 35.9 Å². The average Bonchev–Trinajstić information content (AvgIpc) is 3.28. The molecule has 0 atom stereocenters.